The summed E-state index contributed by atoms with van der Waals surface area (Å²) in [7, 11) is -4.18. The second kappa shape index (κ2) is 11.1. The molecular formula is C22H25N2O8P. The number of phosphoric acid groups is 1. The molecule has 0 saturated heterocycles. The lowest BCUT2D eigenvalue weighted by molar-refractivity contribution is -0.0805. The van der Waals surface area contributed by atoms with Crippen LogP contribution >= 0.6 is 7.82 Å². The Morgan fingerprint density at radius 2 is 1.55 bits per heavy atom. The fraction of sp³-hybridized carbons (Fsp3) is 0.273. The number of benzene rings is 2. The molecule has 0 spiro atoms. The number of nitrogens with one attached hydrogen (secondary N) is 1. The number of phosphoric ester groups is 1. The van der Waals surface area contributed by atoms with Crippen molar-refractivity contribution >= 4 is 7.82 Å². The maximum atomic E-state index is 13.4. The number of para-hydroxylation sites is 2. The SMILES string of the molecule is Cc1cn(COC(COP(=O)(Oc2ccccc2)Oc2ccccc2)C(C)O)c(=O)[nH]c1=O. The van der Waals surface area contributed by atoms with E-state index in [1.807, 2.05) is 0 Å². The third-order valence-corrected chi connectivity index (χ3v) is 5.81. The normalized spacial score (nSPS) is 13.3. The molecule has 33 heavy (non-hydrogen) atoms. The summed E-state index contributed by atoms with van der Waals surface area (Å²) < 4.78 is 36.7. The van der Waals surface area contributed by atoms with E-state index >= 15 is 0 Å². The number of aromatic amines is 1. The van der Waals surface area contributed by atoms with Gasteiger partial charge in [-0.15, -0.1) is 0 Å². The monoisotopic (exact) mass is 476 g/mol. The van der Waals surface area contributed by atoms with Crippen LogP contribution in [0.4, 0.5) is 0 Å². The number of H-pyrrole nitrogens is 1. The van der Waals surface area contributed by atoms with Crippen molar-refractivity contribution in [3.8, 4) is 11.5 Å². The number of aryl methyl sites for hydroxylation is 1. The highest BCUT2D eigenvalue weighted by Crippen LogP contribution is 2.49. The van der Waals surface area contributed by atoms with Gasteiger partial charge in [-0.05, 0) is 38.1 Å². The number of rotatable bonds is 11. The molecule has 0 saturated carbocycles. The van der Waals surface area contributed by atoms with Crippen LogP contribution in [0.25, 0.3) is 0 Å². The molecule has 176 valence electrons. The van der Waals surface area contributed by atoms with Gasteiger partial charge in [0.15, 0.2) is 0 Å². The zero-order chi connectivity index (χ0) is 23.8. The fourth-order valence-electron chi connectivity index (χ4n) is 2.67. The number of aliphatic hydroxyl groups excluding tert-OH is 1. The Balaban J connectivity index is 1.73. The zero-order valence-corrected chi connectivity index (χ0v) is 19.0. The molecule has 11 heteroatoms. The number of hydrogen-bond acceptors (Lipinski definition) is 8. The number of aromatic nitrogens is 2. The van der Waals surface area contributed by atoms with Crippen molar-refractivity contribution in [2.24, 2.45) is 0 Å². The van der Waals surface area contributed by atoms with Gasteiger partial charge in [-0.1, -0.05) is 36.4 Å². The minimum atomic E-state index is -4.18. The summed E-state index contributed by atoms with van der Waals surface area (Å²) in [5, 5.41) is 10.1. The first-order valence-corrected chi connectivity index (χ1v) is 11.6. The van der Waals surface area contributed by atoms with E-state index in [2.05, 4.69) is 4.98 Å². The van der Waals surface area contributed by atoms with Crippen LogP contribution in [0.15, 0.2) is 76.4 Å². The number of hydrogen-bond donors (Lipinski definition) is 2. The molecule has 0 aliphatic carbocycles. The van der Waals surface area contributed by atoms with Crippen molar-refractivity contribution in [2.45, 2.75) is 32.8 Å². The maximum absolute atomic E-state index is 13.4. The summed E-state index contributed by atoms with van der Waals surface area (Å²) in [4.78, 5) is 25.6. The predicted molar refractivity (Wildman–Crippen MR) is 120 cm³/mol. The largest absolute Gasteiger partial charge is 0.587 e. The van der Waals surface area contributed by atoms with E-state index in [0.29, 0.717) is 5.56 Å². The molecule has 10 nitrogen and oxygen atoms in total. The number of nitrogens with zero attached hydrogens (tertiary/aromatic N) is 1. The van der Waals surface area contributed by atoms with Gasteiger partial charge >= 0.3 is 13.5 Å². The second-order valence-corrected chi connectivity index (χ2v) is 8.69. The summed E-state index contributed by atoms with van der Waals surface area (Å²) in [5.74, 6) is 0.531. The molecule has 1 heterocycles. The Kier molecular flexibility index (Phi) is 8.24. The molecule has 0 aliphatic rings. The molecular weight excluding hydrogens is 451 g/mol. The molecule has 0 amide bonds. The van der Waals surface area contributed by atoms with E-state index in [1.54, 1.807) is 67.6 Å². The zero-order valence-electron chi connectivity index (χ0n) is 18.1. The average molecular weight is 476 g/mol. The molecule has 2 unspecified atom stereocenters. The molecule has 2 atom stereocenters. The lowest BCUT2D eigenvalue weighted by Gasteiger charge is -2.24. The highest BCUT2D eigenvalue weighted by Gasteiger charge is 2.33. The number of ether oxygens (including phenoxy) is 1. The van der Waals surface area contributed by atoms with E-state index in [0.717, 1.165) is 4.57 Å². The molecule has 0 aliphatic heterocycles. The lowest BCUT2D eigenvalue weighted by Crippen LogP contribution is -2.36. The quantitative estimate of drug-likeness (QED) is 0.404. The van der Waals surface area contributed by atoms with E-state index in [-0.39, 0.29) is 24.8 Å². The Labute approximate surface area is 190 Å². The first-order valence-electron chi connectivity index (χ1n) is 10.1. The number of aliphatic hydroxyl groups is 1. The molecule has 3 rings (SSSR count). The van der Waals surface area contributed by atoms with E-state index in [1.165, 1.54) is 13.1 Å². The van der Waals surface area contributed by atoms with Gasteiger partial charge in [0.05, 0.1) is 12.7 Å². The highest BCUT2D eigenvalue weighted by atomic mass is 31.2. The molecule has 2 aromatic carbocycles. The van der Waals surface area contributed by atoms with Crippen molar-refractivity contribution in [3.63, 3.8) is 0 Å². The maximum Gasteiger partial charge on any atom is 0.587 e. The Morgan fingerprint density at radius 3 is 2.06 bits per heavy atom. The van der Waals surface area contributed by atoms with Crippen LogP contribution in [0.3, 0.4) is 0 Å². The van der Waals surface area contributed by atoms with Crippen LogP contribution in [0.5, 0.6) is 11.5 Å². The summed E-state index contributed by atoms with van der Waals surface area (Å²) >= 11 is 0. The predicted octanol–water partition coefficient (Wildman–Crippen LogP) is 2.85. The van der Waals surface area contributed by atoms with Gasteiger partial charge in [0.2, 0.25) is 0 Å². The van der Waals surface area contributed by atoms with Crippen molar-refractivity contribution in [3.05, 3.63) is 93.3 Å². The minimum absolute atomic E-state index is 0.265. The Hall–Kier alpha value is -3.17. The van der Waals surface area contributed by atoms with E-state index in [4.69, 9.17) is 18.3 Å². The Bertz CT molecular complexity index is 1150. The van der Waals surface area contributed by atoms with Crippen LogP contribution in [-0.2, 0) is 20.6 Å². The van der Waals surface area contributed by atoms with Crippen molar-refractivity contribution in [1.29, 1.82) is 0 Å². The molecule has 0 bridgehead atoms. The van der Waals surface area contributed by atoms with Gasteiger partial charge in [-0.2, -0.15) is 0 Å². The van der Waals surface area contributed by atoms with Crippen molar-refractivity contribution < 1.29 is 28.0 Å². The van der Waals surface area contributed by atoms with Crippen LogP contribution in [0, 0.1) is 6.92 Å². The standard InChI is InChI=1S/C22H25N2O8P/c1-16-13-24(22(27)23-21(16)26)15-29-20(17(2)25)14-30-33(28,31-18-9-5-3-6-10-18)32-19-11-7-4-8-12-19/h3-13,17,20,25H,14-15H2,1-2H3,(H,23,26,27). The first-order chi connectivity index (χ1) is 15.8. The molecule has 3 aromatic rings. The smallest absolute Gasteiger partial charge is 0.395 e. The topological polar surface area (TPSA) is 129 Å². The van der Waals surface area contributed by atoms with E-state index in [9.17, 15) is 19.3 Å². The Morgan fingerprint density at radius 1 is 1.00 bits per heavy atom. The van der Waals surface area contributed by atoms with Gasteiger partial charge in [-0.25, -0.2) is 9.36 Å². The second-order valence-electron chi connectivity index (χ2n) is 7.17. The van der Waals surface area contributed by atoms with Gasteiger partial charge in [0.1, 0.15) is 24.3 Å². The van der Waals surface area contributed by atoms with Gasteiger partial charge < -0.3 is 18.9 Å². The minimum Gasteiger partial charge on any atom is -0.395 e. The summed E-state index contributed by atoms with van der Waals surface area (Å²) in [6.07, 6.45) is -0.703. The van der Waals surface area contributed by atoms with Crippen LogP contribution in [0.1, 0.15) is 12.5 Å². The first kappa shape index (κ1) is 24.5. The third-order valence-electron chi connectivity index (χ3n) is 4.47. The van der Waals surface area contributed by atoms with Crippen LogP contribution in [0.2, 0.25) is 0 Å². The molecule has 1 aromatic heterocycles. The molecule has 0 fully saturated rings. The lowest BCUT2D eigenvalue weighted by atomic mass is 10.2. The fourth-order valence-corrected chi connectivity index (χ4v) is 3.91. The van der Waals surface area contributed by atoms with Gasteiger partial charge in [0, 0.05) is 11.8 Å². The highest BCUT2D eigenvalue weighted by molar-refractivity contribution is 7.49. The third kappa shape index (κ3) is 7.16. The van der Waals surface area contributed by atoms with Gasteiger partial charge in [0.25, 0.3) is 5.56 Å². The average Bonchev–Trinajstić information content (AvgIpc) is 2.78. The molecule has 0 radical (unpaired) electrons. The van der Waals surface area contributed by atoms with Crippen molar-refractivity contribution in [2.75, 3.05) is 6.61 Å². The van der Waals surface area contributed by atoms with Crippen molar-refractivity contribution in [1.82, 2.24) is 9.55 Å². The summed E-state index contributed by atoms with van der Waals surface area (Å²) in [6.45, 7) is 2.35. The van der Waals surface area contributed by atoms with Crippen LogP contribution < -0.4 is 20.3 Å². The molecule has 2 N–H and O–H groups in total. The summed E-state index contributed by atoms with van der Waals surface area (Å²) in [5.41, 5.74) is -0.842. The van der Waals surface area contributed by atoms with E-state index < -0.39 is 31.3 Å². The summed E-state index contributed by atoms with van der Waals surface area (Å²) in [6, 6.07) is 16.7. The van der Waals surface area contributed by atoms with Crippen LogP contribution in [-0.4, -0.2) is 33.5 Å². The van der Waals surface area contributed by atoms with Gasteiger partial charge in [-0.3, -0.25) is 18.9 Å².